The summed E-state index contributed by atoms with van der Waals surface area (Å²) in [5, 5.41) is 19.4. The summed E-state index contributed by atoms with van der Waals surface area (Å²) in [5.74, 6) is 1.92. The second-order valence-corrected chi connectivity index (χ2v) is 8.20. The van der Waals surface area contributed by atoms with Gasteiger partial charge in [-0.25, -0.2) is 19.9 Å². The number of aromatic nitrogens is 4. The summed E-state index contributed by atoms with van der Waals surface area (Å²) in [6, 6.07) is 10.2. The van der Waals surface area contributed by atoms with Crippen molar-refractivity contribution in [1.29, 1.82) is 5.26 Å². The lowest BCUT2D eigenvalue weighted by atomic mass is 10.1. The Morgan fingerprint density at radius 1 is 1.12 bits per heavy atom. The van der Waals surface area contributed by atoms with Gasteiger partial charge in [-0.3, -0.25) is 0 Å². The number of pyridine rings is 2. The largest absolute Gasteiger partial charge is 0.369 e. The van der Waals surface area contributed by atoms with Gasteiger partial charge in [-0.05, 0) is 63.7 Å². The van der Waals surface area contributed by atoms with E-state index in [1.807, 2.05) is 12.1 Å². The highest BCUT2D eigenvalue weighted by Gasteiger charge is 2.16. The van der Waals surface area contributed by atoms with Gasteiger partial charge in [0.2, 0.25) is 5.95 Å². The van der Waals surface area contributed by atoms with Crippen molar-refractivity contribution in [3.05, 3.63) is 48.4 Å². The van der Waals surface area contributed by atoms with Crippen molar-refractivity contribution in [1.82, 2.24) is 24.8 Å². The lowest BCUT2D eigenvalue weighted by Gasteiger charge is -2.29. The normalized spacial score (nSPS) is 14.5. The molecule has 0 unspecified atom stereocenters. The van der Waals surface area contributed by atoms with Crippen LogP contribution in [0.3, 0.4) is 0 Å². The molecule has 0 radical (unpaired) electrons. The van der Waals surface area contributed by atoms with Gasteiger partial charge in [0.05, 0.1) is 23.1 Å². The second kappa shape index (κ2) is 10.7. The standard InChI is InChI=1S/C24H29N9/c1-3-9-26-23-17(14-25)13-18(15-29-23)21-6-10-27-24(32-21)31-20-4-5-22(28-16-20)30-19-7-11-33(2)12-8-19/h4-6,10,13,15-16,19H,3,7-9,11-12H2,1-2H3,(H,26,29)(H,28,30)(H,27,31,32). The summed E-state index contributed by atoms with van der Waals surface area (Å²) < 4.78 is 0. The quantitative estimate of drug-likeness (QED) is 0.477. The molecule has 1 fully saturated rings. The van der Waals surface area contributed by atoms with Crippen molar-refractivity contribution >= 4 is 23.3 Å². The SMILES string of the molecule is CCCNc1ncc(-c2ccnc(Nc3ccc(NC4CCN(C)CC4)nc3)n2)cc1C#N. The minimum Gasteiger partial charge on any atom is -0.369 e. The van der Waals surface area contributed by atoms with E-state index in [0.29, 0.717) is 29.1 Å². The van der Waals surface area contributed by atoms with Crippen molar-refractivity contribution < 1.29 is 0 Å². The number of rotatable bonds is 8. The number of piperidine rings is 1. The van der Waals surface area contributed by atoms with Gasteiger partial charge in [-0.1, -0.05) is 6.92 Å². The number of hydrogen-bond acceptors (Lipinski definition) is 9. The maximum atomic E-state index is 9.49. The van der Waals surface area contributed by atoms with Crippen LogP contribution in [0.15, 0.2) is 42.9 Å². The molecule has 0 aliphatic carbocycles. The topological polar surface area (TPSA) is 115 Å². The fourth-order valence-electron chi connectivity index (χ4n) is 3.70. The van der Waals surface area contributed by atoms with Crippen LogP contribution < -0.4 is 16.0 Å². The highest BCUT2D eigenvalue weighted by molar-refractivity contribution is 5.66. The van der Waals surface area contributed by atoms with E-state index in [0.717, 1.165) is 56.0 Å². The molecule has 0 aromatic carbocycles. The van der Waals surface area contributed by atoms with E-state index < -0.39 is 0 Å². The Bertz CT molecular complexity index is 1100. The predicted octanol–water partition coefficient (Wildman–Crippen LogP) is 3.88. The van der Waals surface area contributed by atoms with Crippen LogP contribution in [0.2, 0.25) is 0 Å². The molecule has 0 amide bonds. The van der Waals surface area contributed by atoms with Crippen molar-refractivity contribution in [2.75, 3.05) is 42.6 Å². The van der Waals surface area contributed by atoms with Gasteiger partial charge in [-0.15, -0.1) is 0 Å². The number of hydrogen-bond donors (Lipinski definition) is 3. The van der Waals surface area contributed by atoms with Crippen LogP contribution in [0.4, 0.5) is 23.3 Å². The fourth-order valence-corrected chi connectivity index (χ4v) is 3.70. The summed E-state index contributed by atoms with van der Waals surface area (Å²) in [6.07, 6.45) is 8.38. The van der Waals surface area contributed by atoms with E-state index in [2.05, 4.69) is 60.8 Å². The lowest BCUT2D eigenvalue weighted by Crippen LogP contribution is -2.36. The van der Waals surface area contributed by atoms with E-state index in [1.165, 1.54) is 0 Å². The van der Waals surface area contributed by atoms with Gasteiger partial charge < -0.3 is 20.9 Å². The maximum Gasteiger partial charge on any atom is 0.227 e. The highest BCUT2D eigenvalue weighted by atomic mass is 15.1. The monoisotopic (exact) mass is 443 g/mol. The molecule has 0 saturated carbocycles. The van der Waals surface area contributed by atoms with E-state index in [4.69, 9.17) is 0 Å². The molecule has 4 rings (SSSR count). The third-order valence-corrected chi connectivity index (χ3v) is 5.59. The number of likely N-dealkylation sites (tertiary alicyclic amines) is 1. The van der Waals surface area contributed by atoms with E-state index in [9.17, 15) is 5.26 Å². The van der Waals surface area contributed by atoms with Crippen LogP contribution in [-0.2, 0) is 0 Å². The van der Waals surface area contributed by atoms with Gasteiger partial charge in [0.25, 0.3) is 0 Å². The van der Waals surface area contributed by atoms with Crippen LogP contribution >= 0.6 is 0 Å². The summed E-state index contributed by atoms with van der Waals surface area (Å²) in [5.41, 5.74) is 2.74. The molecule has 3 aromatic rings. The molecule has 170 valence electrons. The molecule has 0 spiro atoms. The molecule has 4 heterocycles. The molecule has 0 bridgehead atoms. The van der Waals surface area contributed by atoms with E-state index in [1.54, 1.807) is 30.7 Å². The van der Waals surface area contributed by atoms with Crippen LogP contribution in [0.25, 0.3) is 11.3 Å². The first-order valence-corrected chi connectivity index (χ1v) is 11.3. The van der Waals surface area contributed by atoms with Crippen LogP contribution in [0.5, 0.6) is 0 Å². The lowest BCUT2D eigenvalue weighted by molar-refractivity contribution is 0.263. The van der Waals surface area contributed by atoms with E-state index >= 15 is 0 Å². The van der Waals surface area contributed by atoms with Gasteiger partial charge in [0.15, 0.2) is 0 Å². The Kier molecular flexibility index (Phi) is 7.27. The van der Waals surface area contributed by atoms with Crippen LogP contribution in [0, 0.1) is 11.3 Å². The molecule has 0 atom stereocenters. The van der Waals surface area contributed by atoms with Crippen LogP contribution in [0.1, 0.15) is 31.7 Å². The van der Waals surface area contributed by atoms with Crippen molar-refractivity contribution in [2.45, 2.75) is 32.2 Å². The third kappa shape index (κ3) is 5.93. The zero-order valence-electron chi connectivity index (χ0n) is 19.0. The Hall–Kier alpha value is -3.77. The highest BCUT2D eigenvalue weighted by Crippen LogP contribution is 2.23. The first-order chi connectivity index (χ1) is 16.1. The average molecular weight is 444 g/mol. The van der Waals surface area contributed by atoms with Gasteiger partial charge >= 0.3 is 0 Å². The molecule has 3 aromatic heterocycles. The molecule has 3 N–H and O–H groups in total. The number of anilines is 4. The first-order valence-electron chi connectivity index (χ1n) is 11.3. The smallest absolute Gasteiger partial charge is 0.227 e. The molecule has 1 aliphatic rings. The third-order valence-electron chi connectivity index (χ3n) is 5.59. The first kappa shape index (κ1) is 22.4. The number of nitriles is 1. The van der Waals surface area contributed by atoms with Gasteiger partial charge in [0.1, 0.15) is 17.7 Å². The Morgan fingerprint density at radius 3 is 2.70 bits per heavy atom. The minimum absolute atomic E-state index is 0.456. The van der Waals surface area contributed by atoms with Crippen LogP contribution in [-0.4, -0.2) is 57.6 Å². The Labute approximate surface area is 194 Å². The number of nitrogens with one attached hydrogen (secondary N) is 3. The maximum absolute atomic E-state index is 9.49. The summed E-state index contributed by atoms with van der Waals surface area (Å²) >= 11 is 0. The molecule has 1 saturated heterocycles. The molecular formula is C24H29N9. The Morgan fingerprint density at radius 2 is 1.97 bits per heavy atom. The van der Waals surface area contributed by atoms with Gasteiger partial charge in [0, 0.05) is 30.5 Å². The summed E-state index contributed by atoms with van der Waals surface area (Å²) in [6.45, 7) is 5.05. The minimum atomic E-state index is 0.456. The molecule has 9 heteroatoms. The zero-order chi connectivity index (χ0) is 23.0. The average Bonchev–Trinajstić information content (AvgIpc) is 2.85. The zero-order valence-corrected chi connectivity index (χ0v) is 19.0. The fraction of sp³-hybridized carbons (Fsp3) is 0.375. The molecular weight excluding hydrogens is 414 g/mol. The van der Waals surface area contributed by atoms with Crippen molar-refractivity contribution in [2.24, 2.45) is 0 Å². The number of nitrogens with zero attached hydrogens (tertiary/aromatic N) is 6. The van der Waals surface area contributed by atoms with Crippen molar-refractivity contribution in [3.63, 3.8) is 0 Å². The molecule has 33 heavy (non-hydrogen) atoms. The summed E-state index contributed by atoms with van der Waals surface area (Å²) in [4.78, 5) is 20.2. The van der Waals surface area contributed by atoms with Crippen molar-refractivity contribution in [3.8, 4) is 17.3 Å². The molecule has 1 aliphatic heterocycles. The van der Waals surface area contributed by atoms with Gasteiger partial charge in [-0.2, -0.15) is 5.26 Å². The second-order valence-electron chi connectivity index (χ2n) is 8.20. The summed E-state index contributed by atoms with van der Waals surface area (Å²) in [7, 11) is 2.16. The Balaban J connectivity index is 1.42. The van der Waals surface area contributed by atoms with E-state index in [-0.39, 0.29) is 0 Å². The molecule has 9 nitrogen and oxygen atoms in total. The predicted molar refractivity (Wildman–Crippen MR) is 130 cm³/mol.